The molecule has 0 saturated heterocycles. The van der Waals surface area contributed by atoms with E-state index in [0.29, 0.717) is 11.6 Å². The molecule has 0 bridgehead atoms. The van der Waals surface area contributed by atoms with Gasteiger partial charge in [0.1, 0.15) is 0 Å². The summed E-state index contributed by atoms with van der Waals surface area (Å²) in [5.41, 5.74) is 6.17. The molecular formula is C14H25ClN2O3. The number of aliphatic hydroxyl groups is 1. The van der Waals surface area contributed by atoms with Crippen LogP contribution < -0.4 is 5.73 Å². The van der Waals surface area contributed by atoms with Gasteiger partial charge in [-0.05, 0) is 51.2 Å². The van der Waals surface area contributed by atoms with Gasteiger partial charge in [-0.25, -0.2) is 4.79 Å². The molecule has 4 N–H and O–H groups in total. The second kappa shape index (κ2) is 10.5. The zero-order valence-electron chi connectivity index (χ0n) is 12.4. The highest BCUT2D eigenvalue weighted by Crippen LogP contribution is 2.04. The van der Waals surface area contributed by atoms with Crippen LogP contribution in [0.4, 0.5) is 5.69 Å². The van der Waals surface area contributed by atoms with Crippen molar-refractivity contribution < 1.29 is 15.0 Å². The van der Waals surface area contributed by atoms with Crippen LogP contribution in [0.1, 0.15) is 24.2 Å². The molecule has 20 heavy (non-hydrogen) atoms. The summed E-state index contributed by atoms with van der Waals surface area (Å²) in [4.78, 5) is 12.4. The van der Waals surface area contributed by atoms with Crippen molar-refractivity contribution in [3.05, 3.63) is 29.8 Å². The van der Waals surface area contributed by atoms with E-state index in [-0.39, 0.29) is 24.1 Å². The van der Waals surface area contributed by atoms with Crippen LogP contribution in [-0.4, -0.2) is 47.8 Å². The van der Waals surface area contributed by atoms with Gasteiger partial charge in [0.15, 0.2) is 0 Å². The molecule has 0 heterocycles. The van der Waals surface area contributed by atoms with Crippen molar-refractivity contribution in [3.63, 3.8) is 0 Å². The number of aromatic carboxylic acids is 1. The Morgan fingerprint density at radius 1 is 1.25 bits per heavy atom. The first-order valence-corrected chi connectivity index (χ1v) is 6.15. The maximum Gasteiger partial charge on any atom is 0.335 e. The molecule has 1 aromatic rings. The number of aliphatic hydroxyl groups excluding tert-OH is 1. The average molecular weight is 305 g/mol. The van der Waals surface area contributed by atoms with Crippen LogP contribution in [0.5, 0.6) is 0 Å². The molecule has 0 saturated carbocycles. The summed E-state index contributed by atoms with van der Waals surface area (Å²) in [5, 5.41) is 17.5. The lowest BCUT2D eigenvalue weighted by atomic mass is 10.1. The van der Waals surface area contributed by atoms with E-state index in [1.54, 1.807) is 12.1 Å². The fourth-order valence-electron chi connectivity index (χ4n) is 1.35. The standard InChI is InChI=1S/C7H7NO2.C7H17NO.ClH/c8-6-3-1-5(2-4-6)7(9)10;1-6(7(2)9)5-8(3)4;/h1-4H,8H2,(H,9,10);6-7,9H,5H2,1-4H3;1H. The van der Waals surface area contributed by atoms with Crippen LogP contribution in [0, 0.1) is 5.92 Å². The minimum absolute atomic E-state index is 0. The first-order chi connectivity index (χ1) is 8.73. The van der Waals surface area contributed by atoms with Crippen LogP contribution in [0.2, 0.25) is 0 Å². The lowest BCUT2D eigenvalue weighted by Gasteiger charge is -2.18. The molecule has 6 heteroatoms. The fourth-order valence-corrected chi connectivity index (χ4v) is 1.35. The molecule has 0 fully saturated rings. The van der Waals surface area contributed by atoms with E-state index in [4.69, 9.17) is 15.9 Å². The molecule has 1 rings (SSSR count). The van der Waals surface area contributed by atoms with Crippen molar-refractivity contribution in [2.45, 2.75) is 20.0 Å². The third-order valence-electron chi connectivity index (χ3n) is 2.63. The normalized spacial score (nSPS) is 12.7. The monoisotopic (exact) mass is 304 g/mol. The highest BCUT2D eigenvalue weighted by molar-refractivity contribution is 5.87. The van der Waals surface area contributed by atoms with E-state index in [1.165, 1.54) is 12.1 Å². The number of anilines is 1. The summed E-state index contributed by atoms with van der Waals surface area (Å²) in [6.45, 7) is 4.83. The molecule has 5 nitrogen and oxygen atoms in total. The number of nitrogens with zero attached hydrogens (tertiary/aromatic N) is 1. The lowest BCUT2D eigenvalue weighted by molar-refractivity contribution is 0.0697. The highest BCUT2D eigenvalue weighted by atomic mass is 35.5. The van der Waals surface area contributed by atoms with Crippen LogP contribution >= 0.6 is 12.4 Å². The van der Waals surface area contributed by atoms with Crippen LogP contribution in [0.3, 0.4) is 0 Å². The second-order valence-corrected chi connectivity index (χ2v) is 4.91. The van der Waals surface area contributed by atoms with Gasteiger partial charge < -0.3 is 20.8 Å². The van der Waals surface area contributed by atoms with Crippen molar-refractivity contribution in [1.82, 2.24) is 4.90 Å². The van der Waals surface area contributed by atoms with E-state index in [2.05, 4.69) is 4.90 Å². The molecule has 0 radical (unpaired) electrons. The molecule has 1 aromatic carbocycles. The van der Waals surface area contributed by atoms with E-state index in [9.17, 15) is 4.79 Å². The van der Waals surface area contributed by atoms with Gasteiger partial charge in [0.2, 0.25) is 0 Å². The summed E-state index contributed by atoms with van der Waals surface area (Å²) in [5.74, 6) is -0.556. The molecule has 2 unspecified atom stereocenters. The summed E-state index contributed by atoms with van der Waals surface area (Å²) in [7, 11) is 4.03. The van der Waals surface area contributed by atoms with Gasteiger partial charge in [0.25, 0.3) is 0 Å². The second-order valence-electron chi connectivity index (χ2n) is 4.91. The summed E-state index contributed by atoms with van der Waals surface area (Å²) in [6, 6.07) is 6.06. The number of carboxylic acids is 1. The highest BCUT2D eigenvalue weighted by Gasteiger charge is 2.08. The Bertz CT molecular complexity index is 381. The Hall–Kier alpha value is -1.30. The minimum Gasteiger partial charge on any atom is -0.478 e. The number of carboxylic acid groups (broad SMARTS) is 1. The molecular weight excluding hydrogens is 280 g/mol. The predicted octanol–water partition coefficient (Wildman–Crippen LogP) is 1.95. The molecule has 116 valence electrons. The maximum atomic E-state index is 10.3. The Balaban J connectivity index is 0. The van der Waals surface area contributed by atoms with Gasteiger partial charge in [-0.3, -0.25) is 0 Å². The number of rotatable bonds is 4. The Kier molecular flexibility index (Phi) is 11.0. The SMILES string of the molecule is CC(O)C(C)CN(C)C.Cl.Nc1ccc(C(=O)O)cc1. The van der Waals surface area contributed by atoms with Crippen molar-refractivity contribution >= 4 is 24.1 Å². The number of nitrogen functional groups attached to an aromatic ring is 1. The topological polar surface area (TPSA) is 86.8 Å². The van der Waals surface area contributed by atoms with Crippen molar-refractivity contribution in [3.8, 4) is 0 Å². The number of hydrogen-bond acceptors (Lipinski definition) is 4. The molecule has 0 aliphatic rings. The molecule has 0 aliphatic carbocycles. The molecule has 2 atom stereocenters. The van der Waals surface area contributed by atoms with Crippen molar-refractivity contribution in [2.75, 3.05) is 26.4 Å². The number of nitrogens with two attached hydrogens (primary N) is 1. The van der Waals surface area contributed by atoms with Gasteiger partial charge >= 0.3 is 5.97 Å². The van der Waals surface area contributed by atoms with Crippen LogP contribution in [0.25, 0.3) is 0 Å². The molecule has 0 amide bonds. The van der Waals surface area contributed by atoms with Crippen LogP contribution in [-0.2, 0) is 0 Å². The van der Waals surface area contributed by atoms with E-state index >= 15 is 0 Å². The zero-order valence-corrected chi connectivity index (χ0v) is 13.2. The van der Waals surface area contributed by atoms with Crippen molar-refractivity contribution in [2.24, 2.45) is 5.92 Å². The quantitative estimate of drug-likeness (QED) is 0.740. The Morgan fingerprint density at radius 3 is 1.95 bits per heavy atom. The lowest BCUT2D eigenvalue weighted by Crippen LogP contribution is -2.26. The first kappa shape index (κ1) is 21.0. The number of benzene rings is 1. The van der Waals surface area contributed by atoms with Gasteiger partial charge in [0, 0.05) is 12.2 Å². The van der Waals surface area contributed by atoms with E-state index < -0.39 is 5.97 Å². The first-order valence-electron chi connectivity index (χ1n) is 6.15. The van der Waals surface area contributed by atoms with Gasteiger partial charge in [-0.2, -0.15) is 0 Å². The minimum atomic E-state index is -0.931. The number of halogens is 1. The van der Waals surface area contributed by atoms with Gasteiger partial charge in [-0.1, -0.05) is 6.92 Å². The summed E-state index contributed by atoms with van der Waals surface area (Å²) < 4.78 is 0. The Labute approximate surface area is 126 Å². The summed E-state index contributed by atoms with van der Waals surface area (Å²) in [6.07, 6.45) is -0.188. The number of hydrogen-bond donors (Lipinski definition) is 3. The average Bonchev–Trinajstić information content (AvgIpc) is 2.29. The third-order valence-corrected chi connectivity index (χ3v) is 2.63. The smallest absolute Gasteiger partial charge is 0.335 e. The maximum absolute atomic E-state index is 10.3. The molecule has 0 spiro atoms. The predicted molar refractivity (Wildman–Crippen MR) is 84.5 cm³/mol. The van der Waals surface area contributed by atoms with E-state index in [0.717, 1.165) is 6.54 Å². The third kappa shape index (κ3) is 9.61. The Morgan fingerprint density at radius 2 is 1.70 bits per heavy atom. The molecule has 0 aliphatic heterocycles. The largest absolute Gasteiger partial charge is 0.478 e. The van der Waals surface area contributed by atoms with Gasteiger partial charge in [0.05, 0.1) is 11.7 Å². The summed E-state index contributed by atoms with van der Waals surface area (Å²) >= 11 is 0. The van der Waals surface area contributed by atoms with E-state index in [1.807, 2.05) is 27.9 Å². The fraction of sp³-hybridized carbons (Fsp3) is 0.500. The zero-order chi connectivity index (χ0) is 15.0. The van der Waals surface area contributed by atoms with Gasteiger partial charge in [-0.15, -0.1) is 12.4 Å². The van der Waals surface area contributed by atoms with Crippen molar-refractivity contribution in [1.29, 1.82) is 0 Å². The molecule has 0 aromatic heterocycles. The van der Waals surface area contributed by atoms with Crippen LogP contribution in [0.15, 0.2) is 24.3 Å². The number of carbonyl (C=O) groups is 1.